The zero-order valence-corrected chi connectivity index (χ0v) is 9.85. The highest BCUT2D eigenvalue weighted by molar-refractivity contribution is 7.92. The van der Waals surface area contributed by atoms with E-state index in [4.69, 9.17) is 5.73 Å². The Kier molecular flexibility index (Phi) is 2.72. The summed E-state index contributed by atoms with van der Waals surface area (Å²) in [5.74, 6) is 0.355. The molecule has 90 valence electrons. The van der Waals surface area contributed by atoms with Crippen molar-refractivity contribution in [3.05, 3.63) is 30.7 Å². The number of nitrogens with one attached hydrogen (secondary N) is 1. The predicted molar refractivity (Wildman–Crippen MR) is 62.7 cm³/mol. The van der Waals surface area contributed by atoms with Gasteiger partial charge in [-0.15, -0.1) is 0 Å². The molecule has 3 N–H and O–H groups in total. The number of nitrogen functional groups attached to an aromatic ring is 1. The molecule has 0 bridgehead atoms. The van der Waals surface area contributed by atoms with Gasteiger partial charge < -0.3 is 5.73 Å². The number of aryl methyl sites for hydroxylation is 1. The molecule has 0 aromatic carbocycles. The van der Waals surface area contributed by atoms with Crippen molar-refractivity contribution in [2.24, 2.45) is 7.05 Å². The van der Waals surface area contributed by atoms with Gasteiger partial charge in [0.05, 0.1) is 11.9 Å². The molecule has 0 saturated heterocycles. The molecule has 0 atom stereocenters. The largest absolute Gasteiger partial charge is 0.398 e. The van der Waals surface area contributed by atoms with Crippen LogP contribution in [0.1, 0.15) is 0 Å². The lowest BCUT2D eigenvalue weighted by Crippen LogP contribution is -2.17. The van der Waals surface area contributed by atoms with Crippen LogP contribution in [-0.4, -0.2) is 23.2 Å². The van der Waals surface area contributed by atoms with Crippen molar-refractivity contribution in [2.75, 3.05) is 10.5 Å². The Labute approximate surface area is 98.3 Å². The van der Waals surface area contributed by atoms with Crippen LogP contribution in [-0.2, 0) is 17.1 Å². The van der Waals surface area contributed by atoms with Crippen LogP contribution in [0, 0.1) is 0 Å². The third-order valence-electron chi connectivity index (χ3n) is 2.17. The Bertz CT molecular complexity index is 634. The van der Waals surface area contributed by atoms with Crippen LogP contribution in [0.15, 0.2) is 35.6 Å². The van der Waals surface area contributed by atoms with Crippen molar-refractivity contribution in [3.63, 3.8) is 0 Å². The third-order valence-corrected chi connectivity index (χ3v) is 3.56. The van der Waals surface area contributed by atoms with E-state index in [2.05, 4.69) is 14.8 Å². The van der Waals surface area contributed by atoms with Gasteiger partial charge in [0.15, 0.2) is 0 Å². The van der Waals surface area contributed by atoms with Crippen LogP contribution < -0.4 is 10.5 Å². The smallest absolute Gasteiger partial charge is 0.266 e. The standard InChI is InChI=1S/C9H11N5O2S/c1-14-9(3-5-12-14)13-17(15,16)8-6-11-4-2-7(8)10/h2-6,13H,1H3,(H2,10,11). The van der Waals surface area contributed by atoms with Gasteiger partial charge in [-0.25, -0.2) is 8.42 Å². The summed E-state index contributed by atoms with van der Waals surface area (Å²) in [6, 6.07) is 2.97. The van der Waals surface area contributed by atoms with E-state index in [1.54, 1.807) is 13.1 Å². The number of hydrogen-bond acceptors (Lipinski definition) is 5. The van der Waals surface area contributed by atoms with E-state index in [1.165, 1.54) is 29.3 Å². The highest BCUT2D eigenvalue weighted by atomic mass is 32.2. The second-order valence-electron chi connectivity index (χ2n) is 3.36. The predicted octanol–water partition coefficient (Wildman–Crippen LogP) is 0.198. The minimum atomic E-state index is -3.73. The average molecular weight is 253 g/mol. The second kappa shape index (κ2) is 4.06. The van der Waals surface area contributed by atoms with E-state index in [-0.39, 0.29) is 10.6 Å². The minimum absolute atomic E-state index is 0.0544. The molecule has 0 aliphatic heterocycles. The van der Waals surface area contributed by atoms with Crippen molar-refractivity contribution in [1.29, 1.82) is 0 Å². The first kappa shape index (κ1) is 11.4. The fraction of sp³-hybridized carbons (Fsp3) is 0.111. The highest BCUT2D eigenvalue weighted by Gasteiger charge is 2.18. The topological polar surface area (TPSA) is 103 Å². The number of pyridine rings is 1. The number of rotatable bonds is 3. The Morgan fingerprint density at radius 2 is 2.12 bits per heavy atom. The van der Waals surface area contributed by atoms with Crippen LogP contribution >= 0.6 is 0 Å². The summed E-state index contributed by atoms with van der Waals surface area (Å²) < 4.78 is 27.8. The fourth-order valence-electron chi connectivity index (χ4n) is 1.28. The fourth-order valence-corrected chi connectivity index (χ4v) is 2.45. The zero-order valence-electron chi connectivity index (χ0n) is 9.03. The summed E-state index contributed by atoms with van der Waals surface area (Å²) in [6.45, 7) is 0. The second-order valence-corrected chi connectivity index (χ2v) is 5.01. The van der Waals surface area contributed by atoms with Crippen molar-refractivity contribution >= 4 is 21.5 Å². The summed E-state index contributed by atoms with van der Waals surface area (Å²) in [6.07, 6.45) is 4.12. The quantitative estimate of drug-likeness (QED) is 0.813. The first-order chi connectivity index (χ1) is 8.00. The van der Waals surface area contributed by atoms with Gasteiger partial charge in [0, 0.05) is 25.5 Å². The highest BCUT2D eigenvalue weighted by Crippen LogP contribution is 2.19. The lowest BCUT2D eigenvalue weighted by Gasteiger charge is -2.09. The number of nitrogens with two attached hydrogens (primary N) is 1. The Balaban J connectivity index is 2.39. The number of aromatic nitrogens is 3. The third kappa shape index (κ3) is 2.21. The van der Waals surface area contributed by atoms with Crippen molar-refractivity contribution in [1.82, 2.24) is 14.8 Å². The number of nitrogens with zero attached hydrogens (tertiary/aromatic N) is 3. The molecule has 2 aromatic rings. The maximum Gasteiger partial charge on any atom is 0.266 e. The number of hydrogen-bond donors (Lipinski definition) is 2. The SMILES string of the molecule is Cn1nccc1NS(=O)(=O)c1cnccc1N. The molecule has 8 heteroatoms. The van der Waals surface area contributed by atoms with Gasteiger partial charge in [0.25, 0.3) is 10.0 Å². The van der Waals surface area contributed by atoms with Crippen LogP contribution in [0.4, 0.5) is 11.5 Å². The van der Waals surface area contributed by atoms with E-state index in [9.17, 15) is 8.42 Å². The first-order valence-corrected chi connectivity index (χ1v) is 6.19. The van der Waals surface area contributed by atoms with Gasteiger partial charge in [-0.2, -0.15) is 5.10 Å². The lowest BCUT2D eigenvalue weighted by molar-refractivity contribution is 0.600. The number of anilines is 2. The maximum atomic E-state index is 12.0. The Morgan fingerprint density at radius 3 is 2.71 bits per heavy atom. The Hall–Kier alpha value is -2.09. The zero-order chi connectivity index (χ0) is 12.5. The van der Waals surface area contributed by atoms with Gasteiger partial charge in [-0.3, -0.25) is 14.4 Å². The average Bonchev–Trinajstić information content (AvgIpc) is 2.64. The van der Waals surface area contributed by atoms with Crippen molar-refractivity contribution in [2.45, 2.75) is 4.90 Å². The molecule has 0 aliphatic rings. The summed E-state index contributed by atoms with van der Waals surface area (Å²) in [4.78, 5) is 3.69. The molecule has 0 spiro atoms. The summed E-state index contributed by atoms with van der Waals surface area (Å²) in [5, 5.41) is 3.86. The molecular formula is C9H11N5O2S. The summed E-state index contributed by atoms with van der Waals surface area (Å²) in [7, 11) is -2.11. The van der Waals surface area contributed by atoms with Crippen LogP contribution in [0.5, 0.6) is 0 Å². The van der Waals surface area contributed by atoms with Crippen molar-refractivity contribution < 1.29 is 8.42 Å². The molecule has 0 unspecified atom stereocenters. The van der Waals surface area contributed by atoms with E-state index < -0.39 is 10.0 Å². The van der Waals surface area contributed by atoms with E-state index in [0.29, 0.717) is 5.82 Å². The van der Waals surface area contributed by atoms with Crippen LogP contribution in [0.2, 0.25) is 0 Å². The molecule has 0 saturated carbocycles. The van der Waals surface area contributed by atoms with E-state index >= 15 is 0 Å². The van der Waals surface area contributed by atoms with Gasteiger partial charge in [-0.1, -0.05) is 0 Å². The summed E-state index contributed by atoms with van der Waals surface area (Å²) >= 11 is 0. The summed E-state index contributed by atoms with van der Waals surface area (Å²) in [5.41, 5.74) is 5.74. The normalized spacial score (nSPS) is 11.4. The molecule has 17 heavy (non-hydrogen) atoms. The molecule has 0 aliphatic carbocycles. The number of sulfonamides is 1. The Morgan fingerprint density at radius 1 is 1.35 bits per heavy atom. The minimum Gasteiger partial charge on any atom is -0.398 e. The van der Waals surface area contributed by atoms with Gasteiger partial charge in [0.2, 0.25) is 0 Å². The molecule has 0 fully saturated rings. The molecule has 0 amide bonds. The molecule has 2 aromatic heterocycles. The lowest BCUT2D eigenvalue weighted by atomic mass is 10.4. The first-order valence-electron chi connectivity index (χ1n) is 4.71. The maximum absolute atomic E-state index is 12.0. The molecule has 7 nitrogen and oxygen atoms in total. The van der Waals surface area contributed by atoms with Gasteiger partial charge in [0.1, 0.15) is 10.7 Å². The molecular weight excluding hydrogens is 242 g/mol. The molecule has 2 rings (SSSR count). The van der Waals surface area contributed by atoms with Crippen molar-refractivity contribution in [3.8, 4) is 0 Å². The monoisotopic (exact) mass is 253 g/mol. The van der Waals surface area contributed by atoms with Gasteiger partial charge >= 0.3 is 0 Å². The van der Waals surface area contributed by atoms with E-state index in [1.807, 2.05) is 0 Å². The van der Waals surface area contributed by atoms with E-state index in [0.717, 1.165) is 0 Å². The van der Waals surface area contributed by atoms with Crippen LogP contribution in [0.25, 0.3) is 0 Å². The molecule has 2 heterocycles. The molecule has 0 radical (unpaired) electrons. The van der Waals surface area contributed by atoms with Gasteiger partial charge in [-0.05, 0) is 6.07 Å². The van der Waals surface area contributed by atoms with Crippen LogP contribution in [0.3, 0.4) is 0 Å².